The first kappa shape index (κ1) is 35.2. The molecule has 0 saturated carbocycles. The molecule has 64 heavy (non-hydrogen) atoms. The molecule has 0 radical (unpaired) electrons. The Bertz CT molecular complexity index is 3440. The van der Waals surface area contributed by atoms with Crippen molar-refractivity contribution >= 4 is 43.9 Å². The Morgan fingerprint density at radius 3 is 1.22 bits per heavy atom. The number of aromatic nitrogens is 6. The second-order valence-electron chi connectivity index (χ2n) is 17.0. The first-order chi connectivity index (χ1) is 31.8. The van der Waals surface area contributed by atoms with Gasteiger partial charge in [0.1, 0.15) is 0 Å². The molecule has 0 aliphatic heterocycles. The molecule has 0 N–H and O–H groups in total. The molecule has 6 nitrogen and oxygen atoms in total. The Labute approximate surface area is 368 Å². The van der Waals surface area contributed by atoms with Crippen LogP contribution >= 0.6 is 0 Å². The fraction of sp³-hybridized carbons (Fsp3) is 0.0345. The lowest BCUT2D eigenvalue weighted by Crippen LogP contribution is -2.05. The average molecular weight is 817 g/mol. The molecule has 0 spiro atoms. The number of benzene rings is 6. The summed E-state index contributed by atoms with van der Waals surface area (Å²) in [6, 6.07) is 66.3. The van der Waals surface area contributed by atoms with Crippen LogP contribution in [0.3, 0.4) is 0 Å². The van der Waals surface area contributed by atoms with Crippen molar-refractivity contribution in [2.24, 2.45) is 0 Å². The maximum Gasteiger partial charge on any atom is 0.0963 e. The lowest BCUT2D eigenvalue weighted by molar-refractivity contribution is 0.997. The lowest BCUT2D eigenvalue weighted by atomic mass is 9.85. The van der Waals surface area contributed by atoms with Gasteiger partial charge in [0, 0.05) is 69.9 Å². The van der Waals surface area contributed by atoms with Crippen LogP contribution in [0.2, 0.25) is 0 Å². The second-order valence-corrected chi connectivity index (χ2v) is 17.0. The molecule has 14 rings (SSSR count). The molecule has 0 fully saturated rings. The number of rotatable bonds is 5. The molecule has 2 atom stereocenters. The summed E-state index contributed by atoms with van der Waals surface area (Å²) in [6.45, 7) is 0. The molecule has 2 unspecified atom stereocenters. The Hall–Kier alpha value is -8.48. The summed E-state index contributed by atoms with van der Waals surface area (Å²) in [5, 5.41) is 2.25. The minimum absolute atomic E-state index is 0.0180. The molecule has 6 heterocycles. The van der Waals surface area contributed by atoms with Gasteiger partial charge in [0.25, 0.3) is 0 Å². The van der Waals surface area contributed by atoms with E-state index in [1.807, 2.05) is 36.9 Å². The minimum Gasteiger partial charge on any atom is -0.308 e. The third-order valence-electron chi connectivity index (χ3n) is 13.6. The van der Waals surface area contributed by atoms with Crippen molar-refractivity contribution < 1.29 is 0 Å². The second kappa shape index (κ2) is 13.5. The van der Waals surface area contributed by atoms with Gasteiger partial charge in [-0.15, -0.1) is 0 Å². The van der Waals surface area contributed by atoms with E-state index in [0.717, 1.165) is 77.8 Å². The number of fused-ring (bicyclic) bond motifs is 12. The largest absolute Gasteiger partial charge is 0.308 e. The first-order valence-corrected chi connectivity index (χ1v) is 21.8. The van der Waals surface area contributed by atoms with E-state index in [1.165, 1.54) is 44.5 Å². The van der Waals surface area contributed by atoms with Gasteiger partial charge in [-0.1, -0.05) is 109 Å². The molecule has 2 aliphatic carbocycles. The molecular formula is C58H36N6. The van der Waals surface area contributed by atoms with Crippen LogP contribution in [0, 0.1) is 0 Å². The van der Waals surface area contributed by atoms with Crippen molar-refractivity contribution in [1.82, 2.24) is 29.1 Å². The molecule has 6 aromatic carbocycles. The van der Waals surface area contributed by atoms with Crippen LogP contribution < -0.4 is 0 Å². The maximum absolute atomic E-state index is 4.97. The Morgan fingerprint density at radius 1 is 0.328 bits per heavy atom. The smallest absolute Gasteiger partial charge is 0.0963 e. The summed E-state index contributed by atoms with van der Waals surface area (Å²) in [5.41, 5.74) is 22.6. The summed E-state index contributed by atoms with van der Waals surface area (Å²) in [6.07, 6.45) is 7.62. The standard InChI is InChI=1S/C58H36N6/c1-3-15-43-41(13-1)53(47-19-9-25-59-55(43)47)37-29-35(31-39(33-37)63-49-21-7-5-17-45(49)57-51(63)23-11-27-61-57)36-30-38(54-42-14-2-4-16-44(42)56-48(54)20-10-26-60-56)34-40(32-36)64-50-22-8-6-18-46(50)58-52(64)24-12-28-62-58/h1-34,53-54H. The molecule has 2 aliphatic rings. The Morgan fingerprint density at radius 2 is 0.719 bits per heavy atom. The van der Waals surface area contributed by atoms with Crippen LogP contribution in [0.1, 0.15) is 45.2 Å². The number of nitrogens with zero attached hydrogens (tertiary/aromatic N) is 6. The van der Waals surface area contributed by atoms with E-state index in [4.69, 9.17) is 19.9 Å². The van der Waals surface area contributed by atoms with Crippen LogP contribution in [-0.2, 0) is 0 Å². The molecule has 12 aromatic rings. The highest BCUT2D eigenvalue weighted by molar-refractivity contribution is 6.08. The van der Waals surface area contributed by atoms with Crippen molar-refractivity contribution in [1.29, 1.82) is 0 Å². The fourth-order valence-corrected chi connectivity index (χ4v) is 11.1. The Kier molecular flexibility index (Phi) is 7.42. The molecule has 6 heteroatoms. The van der Waals surface area contributed by atoms with Gasteiger partial charge < -0.3 is 9.13 Å². The van der Waals surface area contributed by atoms with Crippen molar-refractivity contribution in [3.8, 4) is 45.0 Å². The van der Waals surface area contributed by atoms with Crippen LogP contribution in [0.4, 0.5) is 0 Å². The van der Waals surface area contributed by atoms with Crippen LogP contribution in [0.25, 0.3) is 88.9 Å². The molecule has 298 valence electrons. The number of hydrogen-bond donors (Lipinski definition) is 0. The summed E-state index contributed by atoms with van der Waals surface area (Å²) in [5.74, 6) is -0.0360. The molecule has 6 aromatic heterocycles. The molecular weight excluding hydrogens is 781 g/mol. The van der Waals surface area contributed by atoms with Crippen LogP contribution in [0.5, 0.6) is 0 Å². The van der Waals surface area contributed by atoms with Gasteiger partial charge >= 0.3 is 0 Å². The predicted molar refractivity (Wildman–Crippen MR) is 257 cm³/mol. The van der Waals surface area contributed by atoms with Gasteiger partial charge in [0.2, 0.25) is 0 Å². The van der Waals surface area contributed by atoms with E-state index in [2.05, 4.69) is 179 Å². The first-order valence-electron chi connectivity index (χ1n) is 21.8. The zero-order chi connectivity index (χ0) is 41.9. The average Bonchev–Trinajstić information content (AvgIpc) is 4.09. The van der Waals surface area contributed by atoms with E-state index in [1.54, 1.807) is 0 Å². The highest BCUT2D eigenvalue weighted by Crippen LogP contribution is 2.50. The third kappa shape index (κ3) is 5.02. The quantitative estimate of drug-likeness (QED) is 0.174. The fourth-order valence-electron chi connectivity index (χ4n) is 11.1. The number of hydrogen-bond acceptors (Lipinski definition) is 4. The van der Waals surface area contributed by atoms with E-state index in [9.17, 15) is 0 Å². The van der Waals surface area contributed by atoms with Crippen molar-refractivity contribution in [2.45, 2.75) is 11.8 Å². The highest BCUT2D eigenvalue weighted by atomic mass is 15.0. The third-order valence-corrected chi connectivity index (χ3v) is 13.6. The normalized spacial score (nSPS) is 14.9. The Balaban J connectivity index is 1.09. The monoisotopic (exact) mass is 816 g/mol. The van der Waals surface area contributed by atoms with E-state index in [-0.39, 0.29) is 11.8 Å². The van der Waals surface area contributed by atoms with Gasteiger partial charge in [-0.3, -0.25) is 19.9 Å². The number of pyridine rings is 4. The molecule has 0 amide bonds. The highest BCUT2D eigenvalue weighted by Gasteiger charge is 2.33. The lowest BCUT2D eigenvalue weighted by Gasteiger charge is -2.21. The van der Waals surface area contributed by atoms with Gasteiger partial charge in [-0.25, -0.2) is 0 Å². The zero-order valence-corrected chi connectivity index (χ0v) is 34.5. The summed E-state index contributed by atoms with van der Waals surface area (Å²) < 4.78 is 4.79. The molecule has 0 saturated heterocycles. The summed E-state index contributed by atoms with van der Waals surface area (Å²) in [4.78, 5) is 19.8. The maximum atomic E-state index is 4.97. The zero-order valence-electron chi connectivity index (χ0n) is 34.5. The van der Waals surface area contributed by atoms with E-state index in [0.29, 0.717) is 0 Å². The number of para-hydroxylation sites is 2. The van der Waals surface area contributed by atoms with Crippen LogP contribution in [-0.4, -0.2) is 29.1 Å². The molecule has 0 bridgehead atoms. The topological polar surface area (TPSA) is 61.4 Å². The van der Waals surface area contributed by atoms with Gasteiger partial charge in [0.05, 0.1) is 44.5 Å². The van der Waals surface area contributed by atoms with Crippen molar-refractivity contribution in [2.75, 3.05) is 0 Å². The van der Waals surface area contributed by atoms with Crippen molar-refractivity contribution in [3.63, 3.8) is 0 Å². The van der Waals surface area contributed by atoms with Crippen molar-refractivity contribution in [3.05, 3.63) is 240 Å². The predicted octanol–water partition coefficient (Wildman–Crippen LogP) is 13.4. The van der Waals surface area contributed by atoms with E-state index < -0.39 is 0 Å². The van der Waals surface area contributed by atoms with E-state index >= 15 is 0 Å². The van der Waals surface area contributed by atoms with Crippen LogP contribution in [0.15, 0.2) is 207 Å². The SMILES string of the molecule is c1ccc2c(c1)-c1ncccc1C2c1cc(-c2cc(C3c4ccccc4-c4ncccc43)cc(-n3c4ccccc4c4ncccc43)c2)cc(-n2c3ccccc3c3ncccc32)c1. The summed E-state index contributed by atoms with van der Waals surface area (Å²) >= 11 is 0. The minimum atomic E-state index is -0.0180. The summed E-state index contributed by atoms with van der Waals surface area (Å²) in [7, 11) is 0. The van der Waals surface area contributed by atoms with Gasteiger partial charge in [0.15, 0.2) is 0 Å². The van der Waals surface area contributed by atoms with Gasteiger partial charge in [-0.2, -0.15) is 0 Å². The van der Waals surface area contributed by atoms with Gasteiger partial charge in [-0.05, 0) is 117 Å².